The van der Waals surface area contributed by atoms with Crippen LogP contribution in [0.1, 0.15) is 11.1 Å². The first-order valence-electron chi connectivity index (χ1n) is 7.40. The summed E-state index contributed by atoms with van der Waals surface area (Å²) < 4.78 is 12.8. The van der Waals surface area contributed by atoms with Crippen LogP contribution in [0.25, 0.3) is 0 Å². The van der Waals surface area contributed by atoms with Gasteiger partial charge in [-0.2, -0.15) is 0 Å². The molecule has 0 atom stereocenters. The van der Waals surface area contributed by atoms with Gasteiger partial charge in [0.2, 0.25) is 0 Å². The highest BCUT2D eigenvalue weighted by molar-refractivity contribution is 7.80. The summed E-state index contributed by atoms with van der Waals surface area (Å²) >= 11 is 5.06. The Morgan fingerprint density at radius 1 is 1.04 bits per heavy atom. The summed E-state index contributed by atoms with van der Waals surface area (Å²) in [5.41, 5.74) is 8.02. The van der Waals surface area contributed by atoms with Gasteiger partial charge in [-0.05, 0) is 49.0 Å². The maximum atomic E-state index is 12.8. The van der Waals surface area contributed by atoms with Crippen molar-refractivity contribution in [1.82, 2.24) is 16.2 Å². The summed E-state index contributed by atoms with van der Waals surface area (Å²) in [5.74, 6) is -0.533. The van der Waals surface area contributed by atoms with Crippen LogP contribution in [0, 0.1) is 12.7 Å². The molecule has 24 heavy (non-hydrogen) atoms. The van der Waals surface area contributed by atoms with Crippen molar-refractivity contribution in [3.63, 3.8) is 0 Å². The van der Waals surface area contributed by atoms with Crippen molar-refractivity contribution in [3.8, 4) is 0 Å². The van der Waals surface area contributed by atoms with E-state index in [9.17, 15) is 9.18 Å². The number of aryl methyl sites for hydroxylation is 1. The lowest BCUT2D eigenvalue weighted by Crippen LogP contribution is -2.48. The summed E-state index contributed by atoms with van der Waals surface area (Å²) in [6.07, 6.45) is 0. The Kier molecular flexibility index (Phi) is 6.51. The molecular formula is C17H19FN4OS. The molecule has 2 aromatic rings. The molecule has 0 fully saturated rings. The lowest BCUT2D eigenvalue weighted by Gasteiger charge is -2.12. The third-order valence-electron chi connectivity index (χ3n) is 3.19. The van der Waals surface area contributed by atoms with Crippen LogP contribution < -0.4 is 21.5 Å². The predicted octanol–water partition coefficient (Wildman–Crippen LogP) is 2.24. The van der Waals surface area contributed by atoms with Gasteiger partial charge in [0.25, 0.3) is 5.91 Å². The number of amides is 1. The Morgan fingerprint density at radius 3 is 2.38 bits per heavy atom. The van der Waals surface area contributed by atoms with E-state index in [1.807, 2.05) is 31.2 Å². The van der Waals surface area contributed by atoms with E-state index < -0.39 is 0 Å². The Balaban J connectivity index is 1.64. The number of hydrogen-bond donors (Lipinski definition) is 4. The normalized spacial score (nSPS) is 9.92. The summed E-state index contributed by atoms with van der Waals surface area (Å²) in [7, 11) is 0. The minimum absolute atomic E-state index is 0.122. The third kappa shape index (κ3) is 6.21. The molecule has 126 valence electrons. The van der Waals surface area contributed by atoms with E-state index in [1.54, 1.807) is 12.1 Å². The standard InChI is InChI=1S/C17H19FN4OS/c1-12-2-8-15(9-3-12)19-11-16(23)21-22-17(24)20-10-13-4-6-14(18)7-5-13/h2-9,19H,10-11H2,1H3,(H,21,23)(H2,20,22,24). The van der Waals surface area contributed by atoms with Crippen LogP contribution in [-0.4, -0.2) is 17.6 Å². The summed E-state index contributed by atoms with van der Waals surface area (Å²) in [6.45, 7) is 2.56. The molecule has 0 bridgehead atoms. The molecule has 0 saturated carbocycles. The monoisotopic (exact) mass is 346 g/mol. The topological polar surface area (TPSA) is 65.2 Å². The molecule has 4 N–H and O–H groups in total. The number of halogens is 1. The molecular weight excluding hydrogens is 327 g/mol. The van der Waals surface area contributed by atoms with Crippen LogP contribution in [0.15, 0.2) is 48.5 Å². The highest BCUT2D eigenvalue weighted by atomic mass is 32.1. The predicted molar refractivity (Wildman–Crippen MR) is 96.8 cm³/mol. The molecule has 0 heterocycles. The van der Waals surface area contributed by atoms with Gasteiger partial charge in [-0.3, -0.25) is 15.6 Å². The van der Waals surface area contributed by atoms with Crippen molar-refractivity contribution in [3.05, 3.63) is 65.5 Å². The van der Waals surface area contributed by atoms with Gasteiger partial charge in [0.15, 0.2) is 5.11 Å². The molecule has 7 heteroatoms. The zero-order valence-corrected chi connectivity index (χ0v) is 14.0. The molecule has 0 aliphatic carbocycles. The van der Waals surface area contributed by atoms with Gasteiger partial charge in [0.1, 0.15) is 5.82 Å². The molecule has 2 rings (SSSR count). The number of hydrazine groups is 1. The van der Waals surface area contributed by atoms with Crippen molar-refractivity contribution >= 4 is 28.9 Å². The molecule has 0 radical (unpaired) electrons. The van der Waals surface area contributed by atoms with Crippen LogP contribution in [-0.2, 0) is 11.3 Å². The van der Waals surface area contributed by atoms with Gasteiger partial charge in [-0.1, -0.05) is 29.8 Å². The zero-order chi connectivity index (χ0) is 17.4. The molecule has 0 spiro atoms. The fourth-order valence-electron chi connectivity index (χ4n) is 1.85. The second kappa shape index (κ2) is 8.83. The summed E-state index contributed by atoms with van der Waals surface area (Å²) in [5, 5.41) is 6.20. The summed E-state index contributed by atoms with van der Waals surface area (Å²) in [6, 6.07) is 13.8. The van der Waals surface area contributed by atoms with E-state index >= 15 is 0 Å². The van der Waals surface area contributed by atoms with Crippen LogP contribution in [0.2, 0.25) is 0 Å². The number of thiocarbonyl (C=S) groups is 1. The zero-order valence-electron chi connectivity index (χ0n) is 13.2. The molecule has 0 unspecified atom stereocenters. The number of carbonyl (C=O) groups excluding carboxylic acids is 1. The number of benzene rings is 2. The quantitative estimate of drug-likeness (QED) is 0.494. The third-order valence-corrected chi connectivity index (χ3v) is 3.43. The van der Waals surface area contributed by atoms with Crippen LogP contribution >= 0.6 is 12.2 Å². The number of carbonyl (C=O) groups is 1. The highest BCUT2D eigenvalue weighted by Crippen LogP contribution is 2.07. The maximum Gasteiger partial charge on any atom is 0.257 e. The summed E-state index contributed by atoms with van der Waals surface area (Å²) in [4.78, 5) is 11.7. The van der Waals surface area contributed by atoms with Gasteiger partial charge >= 0.3 is 0 Å². The smallest absolute Gasteiger partial charge is 0.257 e. The molecule has 5 nitrogen and oxygen atoms in total. The minimum atomic E-state index is -0.284. The SMILES string of the molecule is Cc1ccc(NCC(=O)NNC(=S)NCc2ccc(F)cc2)cc1. The van der Waals surface area contributed by atoms with Crippen LogP contribution in [0.3, 0.4) is 0 Å². The molecule has 0 aliphatic heterocycles. The van der Waals surface area contributed by atoms with Gasteiger partial charge in [0, 0.05) is 12.2 Å². The second-order valence-electron chi connectivity index (χ2n) is 5.20. The number of nitrogens with one attached hydrogen (secondary N) is 4. The Hall–Kier alpha value is -2.67. The Bertz CT molecular complexity index is 627. The molecule has 0 saturated heterocycles. The fraction of sp³-hybridized carbons (Fsp3) is 0.176. The molecule has 0 aromatic heterocycles. The average molecular weight is 346 g/mol. The van der Waals surface area contributed by atoms with Gasteiger partial charge in [0.05, 0.1) is 6.54 Å². The maximum absolute atomic E-state index is 12.8. The largest absolute Gasteiger partial charge is 0.376 e. The lowest BCUT2D eigenvalue weighted by molar-refractivity contribution is -0.119. The lowest BCUT2D eigenvalue weighted by atomic mass is 10.2. The molecule has 1 amide bonds. The number of rotatable bonds is 5. The van der Waals surface area contributed by atoms with E-state index in [0.29, 0.717) is 6.54 Å². The second-order valence-corrected chi connectivity index (χ2v) is 5.61. The fourth-order valence-corrected chi connectivity index (χ4v) is 1.98. The van der Waals surface area contributed by atoms with Crippen molar-refractivity contribution in [1.29, 1.82) is 0 Å². The van der Waals surface area contributed by atoms with Crippen LogP contribution in [0.4, 0.5) is 10.1 Å². The van der Waals surface area contributed by atoms with E-state index in [2.05, 4.69) is 21.5 Å². The van der Waals surface area contributed by atoms with E-state index in [-0.39, 0.29) is 23.4 Å². The van der Waals surface area contributed by atoms with Crippen molar-refractivity contribution < 1.29 is 9.18 Å². The minimum Gasteiger partial charge on any atom is -0.376 e. The first-order chi connectivity index (χ1) is 11.5. The average Bonchev–Trinajstić information content (AvgIpc) is 2.59. The van der Waals surface area contributed by atoms with E-state index in [0.717, 1.165) is 16.8 Å². The molecule has 0 aliphatic rings. The van der Waals surface area contributed by atoms with E-state index in [1.165, 1.54) is 12.1 Å². The first kappa shape index (κ1) is 17.7. The number of hydrogen-bond acceptors (Lipinski definition) is 3. The first-order valence-corrected chi connectivity index (χ1v) is 7.81. The van der Waals surface area contributed by atoms with Crippen molar-refractivity contribution in [2.45, 2.75) is 13.5 Å². The van der Waals surface area contributed by atoms with Crippen molar-refractivity contribution in [2.75, 3.05) is 11.9 Å². The van der Waals surface area contributed by atoms with Crippen LogP contribution in [0.5, 0.6) is 0 Å². The molecule has 2 aromatic carbocycles. The van der Waals surface area contributed by atoms with Gasteiger partial charge < -0.3 is 10.6 Å². The van der Waals surface area contributed by atoms with Crippen molar-refractivity contribution in [2.24, 2.45) is 0 Å². The van der Waals surface area contributed by atoms with E-state index in [4.69, 9.17) is 12.2 Å². The highest BCUT2D eigenvalue weighted by Gasteiger charge is 2.02. The Morgan fingerprint density at radius 2 is 1.71 bits per heavy atom. The van der Waals surface area contributed by atoms with Gasteiger partial charge in [-0.25, -0.2) is 4.39 Å². The number of anilines is 1. The van der Waals surface area contributed by atoms with Gasteiger partial charge in [-0.15, -0.1) is 0 Å². The Labute approximate surface area is 145 Å².